The van der Waals surface area contributed by atoms with Crippen LogP contribution in [-0.4, -0.2) is 22.4 Å². The van der Waals surface area contributed by atoms with Gasteiger partial charge in [0.05, 0.1) is 11.0 Å². The molecule has 0 bridgehead atoms. The molecule has 2 N–H and O–H groups in total. The first-order chi connectivity index (χ1) is 10.6. The predicted octanol–water partition coefficient (Wildman–Crippen LogP) is 3.35. The molecule has 0 spiro atoms. The molecule has 1 amide bonds. The van der Waals surface area contributed by atoms with Gasteiger partial charge in [-0.15, -0.1) is 11.3 Å². The zero-order valence-electron chi connectivity index (χ0n) is 12.4. The van der Waals surface area contributed by atoms with Gasteiger partial charge in [0.25, 0.3) is 5.91 Å². The fourth-order valence-corrected chi connectivity index (χ4v) is 3.20. The van der Waals surface area contributed by atoms with Gasteiger partial charge < -0.3 is 10.3 Å². The summed E-state index contributed by atoms with van der Waals surface area (Å²) in [5.41, 5.74) is 5.62. The van der Waals surface area contributed by atoms with E-state index in [4.69, 9.17) is 0 Å². The van der Waals surface area contributed by atoms with Crippen LogP contribution in [0.15, 0.2) is 23.0 Å². The first-order valence-electron chi connectivity index (χ1n) is 7.00. The molecule has 1 aromatic carbocycles. The maximum absolute atomic E-state index is 13.9. The maximum Gasteiger partial charge on any atom is 0.270 e. The van der Waals surface area contributed by atoms with E-state index >= 15 is 0 Å². The number of aryl methyl sites for hydroxylation is 2. The number of amides is 1. The van der Waals surface area contributed by atoms with E-state index in [0.717, 1.165) is 22.2 Å². The van der Waals surface area contributed by atoms with Crippen molar-refractivity contribution in [3.8, 4) is 0 Å². The lowest BCUT2D eigenvalue weighted by Crippen LogP contribution is -2.26. The van der Waals surface area contributed by atoms with E-state index in [0.29, 0.717) is 24.2 Å². The minimum absolute atomic E-state index is 0.179. The minimum Gasteiger partial charge on any atom is -0.356 e. The summed E-state index contributed by atoms with van der Waals surface area (Å²) >= 11 is 1.39. The molecule has 2 heterocycles. The summed E-state index contributed by atoms with van der Waals surface area (Å²) in [5.74, 6) is -0.428. The van der Waals surface area contributed by atoms with E-state index in [-0.39, 0.29) is 11.7 Å². The smallest absolute Gasteiger partial charge is 0.270 e. The van der Waals surface area contributed by atoms with Gasteiger partial charge in [-0.1, -0.05) is 6.07 Å². The molecule has 114 valence electrons. The average Bonchev–Trinajstić information content (AvgIpc) is 3.12. The minimum atomic E-state index is -0.249. The molecule has 0 aliphatic rings. The lowest BCUT2D eigenvalue weighted by molar-refractivity contribution is 0.0950. The van der Waals surface area contributed by atoms with Crippen LogP contribution in [0.5, 0.6) is 0 Å². The van der Waals surface area contributed by atoms with Crippen LogP contribution in [-0.2, 0) is 6.42 Å². The van der Waals surface area contributed by atoms with E-state index in [1.54, 1.807) is 17.0 Å². The summed E-state index contributed by atoms with van der Waals surface area (Å²) in [4.78, 5) is 18.9. The van der Waals surface area contributed by atoms with Crippen molar-refractivity contribution in [2.24, 2.45) is 0 Å². The third kappa shape index (κ3) is 2.62. The number of benzene rings is 1. The largest absolute Gasteiger partial charge is 0.356 e. The molecule has 0 fully saturated rings. The van der Waals surface area contributed by atoms with Gasteiger partial charge in [-0.2, -0.15) is 0 Å². The van der Waals surface area contributed by atoms with E-state index in [2.05, 4.69) is 15.3 Å². The fourth-order valence-electron chi connectivity index (χ4n) is 2.67. The van der Waals surface area contributed by atoms with E-state index in [1.165, 1.54) is 17.4 Å². The summed E-state index contributed by atoms with van der Waals surface area (Å²) in [6.07, 6.45) is 0.645. The van der Waals surface area contributed by atoms with Crippen molar-refractivity contribution in [2.75, 3.05) is 6.54 Å². The number of hydrogen-bond donors (Lipinski definition) is 2. The van der Waals surface area contributed by atoms with E-state index in [1.807, 2.05) is 13.8 Å². The summed E-state index contributed by atoms with van der Waals surface area (Å²) in [6, 6.07) is 3.25. The molecule has 3 aromatic rings. The first-order valence-corrected chi connectivity index (χ1v) is 7.95. The highest BCUT2D eigenvalue weighted by Gasteiger charge is 2.14. The Hall–Kier alpha value is -2.21. The Balaban J connectivity index is 1.78. The fraction of sp³-hybridized carbons (Fsp3) is 0.250. The molecule has 0 unspecified atom stereocenters. The molecule has 0 saturated heterocycles. The summed E-state index contributed by atoms with van der Waals surface area (Å²) in [7, 11) is 0. The predicted molar refractivity (Wildman–Crippen MR) is 85.9 cm³/mol. The highest BCUT2D eigenvalue weighted by Crippen LogP contribution is 2.27. The quantitative estimate of drug-likeness (QED) is 0.775. The molecule has 22 heavy (non-hydrogen) atoms. The van der Waals surface area contributed by atoms with Crippen molar-refractivity contribution < 1.29 is 9.18 Å². The first kappa shape index (κ1) is 14.7. The van der Waals surface area contributed by atoms with E-state index in [9.17, 15) is 9.18 Å². The van der Waals surface area contributed by atoms with Gasteiger partial charge in [0, 0.05) is 23.0 Å². The number of nitrogens with one attached hydrogen (secondary N) is 2. The molecule has 0 atom stereocenters. The molecular formula is C16H16FN3OS. The number of rotatable bonds is 4. The van der Waals surface area contributed by atoms with Crippen LogP contribution in [0.2, 0.25) is 0 Å². The Morgan fingerprint density at radius 1 is 1.41 bits per heavy atom. The van der Waals surface area contributed by atoms with Crippen LogP contribution in [0.1, 0.15) is 27.3 Å². The van der Waals surface area contributed by atoms with Gasteiger partial charge in [-0.3, -0.25) is 4.79 Å². The van der Waals surface area contributed by atoms with Crippen LogP contribution >= 0.6 is 11.3 Å². The number of hydrogen-bond acceptors (Lipinski definition) is 3. The number of carbonyl (C=O) groups is 1. The number of thiazole rings is 1. The third-order valence-electron chi connectivity index (χ3n) is 3.76. The Morgan fingerprint density at radius 2 is 2.23 bits per heavy atom. The topological polar surface area (TPSA) is 57.8 Å². The Labute approximate surface area is 131 Å². The van der Waals surface area contributed by atoms with Crippen molar-refractivity contribution in [3.63, 3.8) is 0 Å². The number of fused-ring (bicyclic) bond motifs is 1. The zero-order chi connectivity index (χ0) is 15.7. The Kier molecular flexibility index (Phi) is 3.94. The van der Waals surface area contributed by atoms with Gasteiger partial charge in [0.2, 0.25) is 0 Å². The Morgan fingerprint density at radius 3 is 2.95 bits per heavy atom. The number of aromatic amines is 1. The van der Waals surface area contributed by atoms with Gasteiger partial charge in [-0.25, -0.2) is 9.37 Å². The van der Waals surface area contributed by atoms with Crippen LogP contribution in [0, 0.1) is 19.7 Å². The van der Waals surface area contributed by atoms with Gasteiger partial charge in [-0.05, 0) is 37.5 Å². The lowest BCUT2D eigenvalue weighted by Gasteiger charge is -2.06. The zero-order valence-corrected chi connectivity index (χ0v) is 13.2. The number of halogens is 1. The molecule has 0 saturated carbocycles. The molecule has 4 nitrogen and oxygen atoms in total. The van der Waals surface area contributed by atoms with Crippen LogP contribution in [0.4, 0.5) is 4.39 Å². The Bertz CT molecular complexity index is 824. The highest BCUT2D eigenvalue weighted by atomic mass is 32.1. The number of H-pyrrole nitrogens is 1. The third-order valence-corrected chi connectivity index (χ3v) is 4.34. The van der Waals surface area contributed by atoms with Crippen molar-refractivity contribution in [1.29, 1.82) is 0 Å². The summed E-state index contributed by atoms with van der Waals surface area (Å²) in [6.45, 7) is 4.38. The SMILES string of the molecule is Cc1[nH]c2c(F)ccc(C)c2c1CCNC(=O)c1cscn1. The second kappa shape index (κ2) is 5.88. The van der Waals surface area contributed by atoms with Crippen molar-refractivity contribution in [2.45, 2.75) is 20.3 Å². The molecule has 0 radical (unpaired) electrons. The van der Waals surface area contributed by atoms with E-state index < -0.39 is 0 Å². The molecule has 2 aromatic heterocycles. The van der Waals surface area contributed by atoms with Gasteiger partial charge in [0.1, 0.15) is 11.5 Å². The second-order valence-corrected chi connectivity index (χ2v) is 5.94. The normalized spacial score (nSPS) is 11.0. The average molecular weight is 317 g/mol. The van der Waals surface area contributed by atoms with Crippen molar-refractivity contribution in [3.05, 3.63) is 51.4 Å². The summed E-state index contributed by atoms with van der Waals surface area (Å²) in [5, 5.41) is 5.48. The molecule has 0 aliphatic carbocycles. The number of carbonyl (C=O) groups excluding carboxylic acids is 1. The van der Waals surface area contributed by atoms with Crippen molar-refractivity contribution in [1.82, 2.24) is 15.3 Å². The molecule has 6 heteroatoms. The maximum atomic E-state index is 13.9. The van der Waals surface area contributed by atoms with Crippen LogP contribution in [0.3, 0.4) is 0 Å². The standard InChI is InChI=1S/C16H16FN3OS/c1-9-3-4-12(17)15-14(9)11(10(2)20-15)5-6-18-16(21)13-7-22-8-19-13/h3-4,7-8,20H,5-6H2,1-2H3,(H,18,21). The number of aromatic nitrogens is 2. The van der Waals surface area contributed by atoms with Crippen molar-refractivity contribution >= 4 is 28.1 Å². The molecular weight excluding hydrogens is 301 g/mol. The highest BCUT2D eigenvalue weighted by molar-refractivity contribution is 7.07. The monoisotopic (exact) mass is 317 g/mol. The van der Waals surface area contributed by atoms with Gasteiger partial charge >= 0.3 is 0 Å². The van der Waals surface area contributed by atoms with Crippen LogP contribution < -0.4 is 5.32 Å². The summed E-state index contributed by atoms with van der Waals surface area (Å²) < 4.78 is 13.9. The number of nitrogens with zero attached hydrogens (tertiary/aromatic N) is 1. The van der Waals surface area contributed by atoms with Gasteiger partial charge in [0.15, 0.2) is 0 Å². The lowest BCUT2D eigenvalue weighted by atomic mass is 10.0. The van der Waals surface area contributed by atoms with Crippen LogP contribution in [0.25, 0.3) is 10.9 Å². The second-order valence-electron chi connectivity index (χ2n) is 5.22. The molecule has 0 aliphatic heterocycles. The molecule has 3 rings (SSSR count).